The summed E-state index contributed by atoms with van der Waals surface area (Å²) in [6, 6.07) is 16.4. The van der Waals surface area contributed by atoms with Gasteiger partial charge >= 0.3 is 0 Å². The SMILES string of the molecule is COc1ccccc1[C@@H](C)Nc1ccc2c(NS(=O)(=O)c3cc(F)c(F)c(F)c3)cccc2n1. The molecule has 0 saturated heterocycles. The zero-order valence-corrected chi connectivity index (χ0v) is 19.0. The molecule has 34 heavy (non-hydrogen) atoms. The Morgan fingerprint density at radius 1 is 0.941 bits per heavy atom. The zero-order valence-electron chi connectivity index (χ0n) is 18.1. The van der Waals surface area contributed by atoms with Crippen molar-refractivity contribution in [2.24, 2.45) is 0 Å². The van der Waals surface area contributed by atoms with Crippen LogP contribution in [-0.2, 0) is 10.0 Å². The van der Waals surface area contributed by atoms with Crippen LogP contribution in [0, 0.1) is 17.5 Å². The van der Waals surface area contributed by atoms with E-state index < -0.39 is 32.4 Å². The smallest absolute Gasteiger partial charge is 0.262 e. The highest BCUT2D eigenvalue weighted by Gasteiger charge is 2.21. The van der Waals surface area contributed by atoms with Crippen molar-refractivity contribution in [1.29, 1.82) is 0 Å². The molecule has 2 N–H and O–H groups in total. The maximum absolute atomic E-state index is 13.5. The van der Waals surface area contributed by atoms with Crippen LogP contribution in [-0.4, -0.2) is 20.5 Å². The molecule has 4 aromatic rings. The van der Waals surface area contributed by atoms with E-state index in [0.717, 1.165) is 11.3 Å². The lowest BCUT2D eigenvalue weighted by atomic mass is 10.1. The number of hydrogen-bond acceptors (Lipinski definition) is 5. The van der Waals surface area contributed by atoms with Gasteiger partial charge in [0, 0.05) is 10.9 Å². The zero-order chi connectivity index (χ0) is 24.5. The van der Waals surface area contributed by atoms with Crippen molar-refractivity contribution in [2.75, 3.05) is 17.1 Å². The summed E-state index contributed by atoms with van der Waals surface area (Å²) in [6.45, 7) is 1.95. The number of benzene rings is 3. The van der Waals surface area contributed by atoms with Crippen molar-refractivity contribution in [2.45, 2.75) is 17.9 Å². The predicted octanol–water partition coefficient (Wildman–Crippen LogP) is 5.63. The molecular weight excluding hydrogens is 467 g/mol. The summed E-state index contributed by atoms with van der Waals surface area (Å²) in [5.74, 6) is -3.65. The van der Waals surface area contributed by atoms with Gasteiger partial charge in [-0.05, 0) is 49.4 Å². The van der Waals surface area contributed by atoms with E-state index in [1.54, 1.807) is 31.4 Å². The Kier molecular flexibility index (Phi) is 6.34. The second-order valence-corrected chi connectivity index (χ2v) is 9.17. The Bertz CT molecular complexity index is 1460. The third-order valence-corrected chi connectivity index (χ3v) is 6.56. The van der Waals surface area contributed by atoms with Crippen molar-refractivity contribution >= 4 is 32.4 Å². The van der Waals surface area contributed by atoms with E-state index in [1.807, 2.05) is 31.2 Å². The number of nitrogens with zero attached hydrogens (tertiary/aromatic N) is 1. The van der Waals surface area contributed by atoms with Crippen LogP contribution in [0.25, 0.3) is 10.9 Å². The number of sulfonamides is 1. The Morgan fingerprint density at radius 2 is 1.65 bits per heavy atom. The van der Waals surface area contributed by atoms with Gasteiger partial charge in [-0.25, -0.2) is 26.6 Å². The summed E-state index contributed by atoms with van der Waals surface area (Å²) < 4.78 is 73.4. The highest BCUT2D eigenvalue weighted by molar-refractivity contribution is 7.92. The van der Waals surface area contributed by atoms with E-state index in [0.29, 0.717) is 28.9 Å². The standard InChI is InChI=1S/C24H20F3N3O3S/c1-14(16-6-3-4-9-22(16)33-2)28-23-11-10-17-20(29-23)7-5-8-21(17)30-34(31,32)15-12-18(25)24(27)19(26)13-15/h3-14,30H,1-2H3,(H,28,29)/t14-/m1/s1. The number of halogens is 3. The van der Waals surface area contributed by atoms with Gasteiger partial charge in [0.05, 0.1) is 29.3 Å². The number of anilines is 2. The summed E-state index contributed by atoms with van der Waals surface area (Å²) >= 11 is 0. The quantitative estimate of drug-likeness (QED) is 0.330. The molecule has 176 valence electrons. The monoisotopic (exact) mass is 487 g/mol. The van der Waals surface area contributed by atoms with Crippen LogP contribution in [0.5, 0.6) is 5.75 Å². The number of hydrogen-bond donors (Lipinski definition) is 2. The topological polar surface area (TPSA) is 80.3 Å². The summed E-state index contributed by atoms with van der Waals surface area (Å²) in [5, 5.41) is 3.75. The van der Waals surface area contributed by atoms with Crippen molar-refractivity contribution < 1.29 is 26.3 Å². The van der Waals surface area contributed by atoms with Gasteiger partial charge < -0.3 is 10.1 Å². The Morgan fingerprint density at radius 3 is 2.35 bits per heavy atom. The third kappa shape index (κ3) is 4.62. The molecule has 10 heteroatoms. The van der Waals surface area contributed by atoms with Crippen LogP contribution in [0.2, 0.25) is 0 Å². The molecule has 0 aliphatic heterocycles. The van der Waals surface area contributed by atoms with E-state index in [9.17, 15) is 21.6 Å². The van der Waals surface area contributed by atoms with Crippen LogP contribution < -0.4 is 14.8 Å². The van der Waals surface area contributed by atoms with Gasteiger partial charge in [-0.2, -0.15) is 0 Å². The van der Waals surface area contributed by atoms with Crippen LogP contribution in [0.4, 0.5) is 24.7 Å². The molecule has 0 aliphatic rings. The lowest BCUT2D eigenvalue weighted by Crippen LogP contribution is -2.14. The maximum atomic E-state index is 13.5. The van der Waals surface area contributed by atoms with Gasteiger partial charge in [0.2, 0.25) is 0 Å². The van der Waals surface area contributed by atoms with Gasteiger partial charge in [-0.1, -0.05) is 24.3 Å². The van der Waals surface area contributed by atoms with Crippen molar-refractivity contribution in [3.05, 3.63) is 89.7 Å². The predicted molar refractivity (Wildman–Crippen MR) is 124 cm³/mol. The Hall–Kier alpha value is -3.79. The lowest BCUT2D eigenvalue weighted by molar-refractivity contribution is 0.408. The molecule has 1 heterocycles. The number of fused-ring (bicyclic) bond motifs is 1. The summed E-state index contributed by atoms with van der Waals surface area (Å²) in [5.41, 5.74) is 1.57. The van der Waals surface area contributed by atoms with Crippen LogP contribution in [0.3, 0.4) is 0 Å². The molecular formula is C24H20F3N3O3S. The van der Waals surface area contributed by atoms with Gasteiger partial charge in [0.1, 0.15) is 11.6 Å². The first kappa shape index (κ1) is 23.4. The number of pyridine rings is 1. The fourth-order valence-electron chi connectivity index (χ4n) is 3.54. The molecule has 0 aliphatic carbocycles. The molecule has 0 saturated carbocycles. The second-order valence-electron chi connectivity index (χ2n) is 7.48. The molecule has 0 bridgehead atoms. The van der Waals surface area contributed by atoms with Crippen molar-refractivity contribution in [3.63, 3.8) is 0 Å². The molecule has 6 nitrogen and oxygen atoms in total. The minimum absolute atomic E-state index is 0.133. The number of rotatable bonds is 7. The molecule has 1 aromatic heterocycles. The van der Waals surface area contributed by atoms with Gasteiger partial charge in [0.25, 0.3) is 10.0 Å². The highest BCUT2D eigenvalue weighted by Crippen LogP contribution is 2.30. The van der Waals surface area contributed by atoms with Gasteiger partial charge in [-0.15, -0.1) is 0 Å². The normalized spacial score (nSPS) is 12.4. The molecule has 0 fully saturated rings. The average molecular weight is 488 g/mol. The van der Waals surface area contributed by atoms with Gasteiger partial charge in [0.15, 0.2) is 17.5 Å². The van der Waals surface area contributed by atoms with Crippen LogP contribution in [0.15, 0.2) is 71.6 Å². The molecule has 3 aromatic carbocycles. The molecule has 0 radical (unpaired) electrons. The summed E-state index contributed by atoms with van der Waals surface area (Å²) in [6.07, 6.45) is 0. The maximum Gasteiger partial charge on any atom is 0.262 e. The van der Waals surface area contributed by atoms with E-state index in [2.05, 4.69) is 15.0 Å². The Balaban J connectivity index is 1.63. The van der Waals surface area contributed by atoms with Crippen LogP contribution in [0.1, 0.15) is 18.5 Å². The first-order chi connectivity index (χ1) is 16.2. The number of para-hydroxylation sites is 1. The first-order valence-electron chi connectivity index (χ1n) is 10.2. The molecule has 0 amide bonds. The first-order valence-corrected chi connectivity index (χ1v) is 11.6. The van der Waals surface area contributed by atoms with Crippen LogP contribution >= 0.6 is 0 Å². The molecule has 0 spiro atoms. The van der Waals surface area contributed by atoms with Crippen molar-refractivity contribution in [3.8, 4) is 5.75 Å². The minimum atomic E-state index is -4.39. The summed E-state index contributed by atoms with van der Waals surface area (Å²) in [4.78, 5) is 3.80. The largest absolute Gasteiger partial charge is 0.496 e. The molecule has 0 unspecified atom stereocenters. The number of nitrogens with one attached hydrogen (secondary N) is 2. The number of ether oxygens (including phenoxy) is 1. The highest BCUT2D eigenvalue weighted by atomic mass is 32.2. The van der Waals surface area contributed by atoms with E-state index in [1.165, 1.54) is 6.07 Å². The fourth-order valence-corrected chi connectivity index (χ4v) is 4.64. The van der Waals surface area contributed by atoms with E-state index >= 15 is 0 Å². The Labute approximate surface area is 194 Å². The van der Waals surface area contributed by atoms with E-state index in [4.69, 9.17) is 4.74 Å². The summed E-state index contributed by atoms with van der Waals surface area (Å²) in [7, 11) is -2.80. The number of aromatic nitrogens is 1. The average Bonchev–Trinajstić information content (AvgIpc) is 2.82. The number of methoxy groups -OCH3 is 1. The van der Waals surface area contributed by atoms with Crippen molar-refractivity contribution in [1.82, 2.24) is 4.98 Å². The second kappa shape index (κ2) is 9.22. The van der Waals surface area contributed by atoms with Gasteiger partial charge in [-0.3, -0.25) is 4.72 Å². The molecule has 1 atom stereocenters. The third-order valence-electron chi connectivity index (χ3n) is 5.21. The lowest BCUT2D eigenvalue weighted by Gasteiger charge is -2.18. The minimum Gasteiger partial charge on any atom is -0.496 e. The van der Waals surface area contributed by atoms with E-state index in [-0.39, 0.29) is 11.7 Å². The molecule has 4 rings (SSSR count). The fraction of sp³-hybridized carbons (Fsp3) is 0.125.